The van der Waals surface area contributed by atoms with Crippen LogP contribution in [-0.2, 0) is 0 Å². The van der Waals surface area contributed by atoms with E-state index < -0.39 is 0 Å². The standard InChI is InChI=1S/C19H21N3O3/c1-13-17(21-19(25-13)14-8-5-4-6-9-14)18(23)20-12-15(22(2)3)16-10-7-11-24-16/h4-11,15H,12H2,1-3H3,(H,20,23)/t15-/m0/s1. The van der Waals surface area contributed by atoms with Crippen molar-refractivity contribution in [3.8, 4) is 11.5 Å². The Morgan fingerprint density at radius 3 is 2.60 bits per heavy atom. The number of carbonyl (C=O) groups is 1. The molecule has 6 heteroatoms. The van der Waals surface area contributed by atoms with E-state index in [4.69, 9.17) is 8.83 Å². The molecule has 0 bridgehead atoms. The maximum absolute atomic E-state index is 12.5. The molecular formula is C19H21N3O3. The zero-order chi connectivity index (χ0) is 17.8. The molecule has 25 heavy (non-hydrogen) atoms. The zero-order valence-corrected chi connectivity index (χ0v) is 14.5. The highest BCUT2D eigenvalue weighted by Crippen LogP contribution is 2.22. The maximum atomic E-state index is 12.5. The van der Waals surface area contributed by atoms with E-state index in [0.717, 1.165) is 11.3 Å². The van der Waals surface area contributed by atoms with Crippen molar-refractivity contribution in [2.75, 3.05) is 20.6 Å². The van der Waals surface area contributed by atoms with Gasteiger partial charge in [-0.2, -0.15) is 0 Å². The van der Waals surface area contributed by atoms with E-state index in [1.54, 1.807) is 13.2 Å². The van der Waals surface area contributed by atoms with Crippen LogP contribution in [0.4, 0.5) is 0 Å². The second-order valence-electron chi connectivity index (χ2n) is 5.99. The monoisotopic (exact) mass is 339 g/mol. The summed E-state index contributed by atoms with van der Waals surface area (Å²) in [5, 5.41) is 2.91. The molecule has 1 atom stereocenters. The molecular weight excluding hydrogens is 318 g/mol. The molecule has 0 aliphatic rings. The lowest BCUT2D eigenvalue weighted by molar-refractivity contribution is 0.0933. The Morgan fingerprint density at radius 2 is 1.96 bits per heavy atom. The Balaban J connectivity index is 1.72. The van der Waals surface area contributed by atoms with Crippen LogP contribution in [0.15, 0.2) is 57.6 Å². The molecule has 0 saturated carbocycles. The summed E-state index contributed by atoms with van der Waals surface area (Å²) in [5.74, 6) is 1.48. The Morgan fingerprint density at radius 1 is 1.20 bits per heavy atom. The predicted molar refractivity (Wildman–Crippen MR) is 94.1 cm³/mol. The van der Waals surface area contributed by atoms with Crippen LogP contribution < -0.4 is 5.32 Å². The van der Waals surface area contributed by atoms with Crippen LogP contribution in [-0.4, -0.2) is 36.4 Å². The quantitative estimate of drug-likeness (QED) is 0.746. The molecule has 3 aromatic rings. The molecule has 3 rings (SSSR count). The van der Waals surface area contributed by atoms with Gasteiger partial charge >= 0.3 is 0 Å². The summed E-state index contributed by atoms with van der Waals surface area (Å²) in [6.45, 7) is 2.15. The first-order valence-corrected chi connectivity index (χ1v) is 8.07. The first-order chi connectivity index (χ1) is 12.1. The zero-order valence-electron chi connectivity index (χ0n) is 14.5. The number of carbonyl (C=O) groups excluding carboxylic acids is 1. The van der Waals surface area contributed by atoms with Crippen molar-refractivity contribution in [1.29, 1.82) is 0 Å². The summed E-state index contributed by atoms with van der Waals surface area (Å²) in [5.41, 5.74) is 1.14. The van der Waals surface area contributed by atoms with E-state index in [1.807, 2.05) is 61.5 Å². The van der Waals surface area contributed by atoms with E-state index in [1.165, 1.54) is 0 Å². The van der Waals surface area contributed by atoms with Gasteiger partial charge in [-0.25, -0.2) is 4.98 Å². The highest BCUT2D eigenvalue weighted by atomic mass is 16.4. The highest BCUT2D eigenvalue weighted by Gasteiger charge is 2.21. The number of benzene rings is 1. The van der Waals surface area contributed by atoms with Gasteiger partial charge in [0.05, 0.1) is 12.3 Å². The van der Waals surface area contributed by atoms with E-state index >= 15 is 0 Å². The fourth-order valence-corrected chi connectivity index (χ4v) is 2.60. The van der Waals surface area contributed by atoms with Gasteiger partial charge in [0.1, 0.15) is 11.5 Å². The van der Waals surface area contributed by atoms with Gasteiger partial charge in [-0.3, -0.25) is 9.69 Å². The molecule has 0 radical (unpaired) electrons. The van der Waals surface area contributed by atoms with Crippen LogP contribution in [0.25, 0.3) is 11.5 Å². The summed E-state index contributed by atoms with van der Waals surface area (Å²) < 4.78 is 11.1. The Bertz CT molecular complexity index is 823. The molecule has 0 fully saturated rings. The average Bonchev–Trinajstić information content (AvgIpc) is 3.25. The molecule has 0 saturated heterocycles. The number of aromatic nitrogens is 1. The lowest BCUT2D eigenvalue weighted by Gasteiger charge is -2.22. The summed E-state index contributed by atoms with van der Waals surface area (Å²) in [6.07, 6.45) is 1.63. The second-order valence-corrected chi connectivity index (χ2v) is 5.99. The van der Waals surface area contributed by atoms with E-state index in [9.17, 15) is 4.79 Å². The Labute approximate surface area is 146 Å². The van der Waals surface area contributed by atoms with Crippen LogP contribution in [0.5, 0.6) is 0 Å². The number of furan rings is 1. The molecule has 1 amide bonds. The fraction of sp³-hybridized carbons (Fsp3) is 0.263. The Kier molecular flexibility index (Phi) is 5.00. The van der Waals surface area contributed by atoms with Crippen molar-refractivity contribution in [3.05, 3.63) is 65.9 Å². The van der Waals surface area contributed by atoms with Gasteiger partial charge in [-0.1, -0.05) is 18.2 Å². The molecule has 0 spiro atoms. The van der Waals surface area contributed by atoms with Crippen LogP contribution in [0.1, 0.15) is 28.1 Å². The molecule has 0 aliphatic carbocycles. The van der Waals surface area contributed by atoms with Crippen molar-refractivity contribution in [1.82, 2.24) is 15.2 Å². The summed E-state index contributed by atoms with van der Waals surface area (Å²) in [4.78, 5) is 18.9. The number of aryl methyl sites for hydroxylation is 1. The van der Waals surface area contributed by atoms with E-state index in [0.29, 0.717) is 23.9 Å². The van der Waals surface area contributed by atoms with E-state index in [-0.39, 0.29) is 11.9 Å². The van der Waals surface area contributed by atoms with Crippen molar-refractivity contribution in [2.24, 2.45) is 0 Å². The van der Waals surface area contributed by atoms with Gasteiger partial charge in [0.15, 0.2) is 5.69 Å². The normalized spacial score (nSPS) is 12.3. The van der Waals surface area contributed by atoms with Crippen molar-refractivity contribution in [3.63, 3.8) is 0 Å². The molecule has 6 nitrogen and oxygen atoms in total. The highest BCUT2D eigenvalue weighted by molar-refractivity contribution is 5.93. The molecule has 1 N–H and O–H groups in total. The van der Waals surface area contributed by atoms with Crippen LogP contribution in [0.2, 0.25) is 0 Å². The van der Waals surface area contributed by atoms with Crippen LogP contribution in [0.3, 0.4) is 0 Å². The number of nitrogens with zero attached hydrogens (tertiary/aromatic N) is 2. The van der Waals surface area contributed by atoms with Crippen molar-refractivity contribution in [2.45, 2.75) is 13.0 Å². The number of oxazole rings is 1. The lowest BCUT2D eigenvalue weighted by Crippen LogP contribution is -2.34. The molecule has 1 aromatic carbocycles. The second kappa shape index (κ2) is 7.36. The SMILES string of the molecule is Cc1oc(-c2ccccc2)nc1C(=O)NC[C@@H](c1ccco1)N(C)C. The summed E-state index contributed by atoms with van der Waals surface area (Å²) in [7, 11) is 3.88. The van der Waals surface area contributed by atoms with Gasteiger partial charge in [0.25, 0.3) is 5.91 Å². The third-order valence-electron chi connectivity index (χ3n) is 3.98. The van der Waals surface area contributed by atoms with Crippen molar-refractivity contribution >= 4 is 5.91 Å². The number of amides is 1. The van der Waals surface area contributed by atoms with Crippen LogP contribution >= 0.6 is 0 Å². The van der Waals surface area contributed by atoms with Gasteiger partial charge in [0.2, 0.25) is 5.89 Å². The number of hydrogen-bond acceptors (Lipinski definition) is 5. The number of rotatable bonds is 6. The first kappa shape index (κ1) is 17.0. The third-order valence-corrected chi connectivity index (χ3v) is 3.98. The van der Waals surface area contributed by atoms with Crippen LogP contribution in [0, 0.1) is 6.92 Å². The smallest absolute Gasteiger partial charge is 0.273 e. The lowest BCUT2D eigenvalue weighted by atomic mass is 10.2. The fourth-order valence-electron chi connectivity index (χ4n) is 2.60. The minimum absolute atomic E-state index is 0.0558. The largest absolute Gasteiger partial charge is 0.468 e. The molecule has 2 heterocycles. The maximum Gasteiger partial charge on any atom is 0.273 e. The molecule has 0 aliphatic heterocycles. The summed E-state index contributed by atoms with van der Waals surface area (Å²) >= 11 is 0. The van der Waals surface area contributed by atoms with Gasteiger partial charge in [-0.15, -0.1) is 0 Å². The molecule has 2 aromatic heterocycles. The number of hydrogen-bond donors (Lipinski definition) is 1. The predicted octanol–water partition coefficient (Wildman–Crippen LogP) is 3.28. The van der Waals surface area contributed by atoms with Crippen molar-refractivity contribution < 1.29 is 13.6 Å². The van der Waals surface area contributed by atoms with Gasteiger partial charge in [0, 0.05) is 12.1 Å². The number of likely N-dealkylation sites (N-methyl/N-ethyl adjacent to an activating group) is 1. The minimum atomic E-state index is -0.262. The number of nitrogens with one attached hydrogen (secondary N) is 1. The first-order valence-electron chi connectivity index (χ1n) is 8.07. The Hall–Kier alpha value is -2.86. The molecule has 0 unspecified atom stereocenters. The molecule has 130 valence electrons. The van der Waals surface area contributed by atoms with Gasteiger partial charge < -0.3 is 14.2 Å². The third kappa shape index (κ3) is 3.80. The van der Waals surface area contributed by atoms with Gasteiger partial charge in [-0.05, 0) is 45.3 Å². The average molecular weight is 339 g/mol. The minimum Gasteiger partial charge on any atom is -0.468 e. The summed E-state index contributed by atoms with van der Waals surface area (Å²) in [6, 6.07) is 13.2. The van der Waals surface area contributed by atoms with E-state index in [2.05, 4.69) is 10.3 Å². The topological polar surface area (TPSA) is 71.5 Å².